The molecule has 0 bridgehead atoms. The number of nitrogens with zero attached hydrogens (tertiary/aromatic N) is 2. The van der Waals surface area contributed by atoms with Gasteiger partial charge in [0.25, 0.3) is 0 Å². The van der Waals surface area contributed by atoms with E-state index in [0.29, 0.717) is 0 Å². The van der Waals surface area contributed by atoms with Crippen molar-refractivity contribution in [1.29, 1.82) is 0 Å². The SMILES string of the molecule is CCCCN(C)C[C@H]1C[C@H](c2ccc(CN3CCCC3)cc2)C1. The van der Waals surface area contributed by atoms with Crippen LogP contribution in [0.2, 0.25) is 0 Å². The van der Waals surface area contributed by atoms with Gasteiger partial charge in [0.05, 0.1) is 0 Å². The van der Waals surface area contributed by atoms with Gasteiger partial charge in [-0.05, 0) is 81.7 Å². The third kappa shape index (κ3) is 4.81. The maximum Gasteiger partial charge on any atom is 0.0233 e. The first-order valence-corrected chi connectivity index (χ1v) is 9.74. The van der Waals surface area contributed by atoms with Gasteiger partial charge in [-0.3, -0.25) is 4.90 Å². The van der Waals surface area contributed by atoms with Crippen LogP contribution in [0, 0.1) is 5.92 Å². The monoisotopic (exact) mass is 314 g/mol. The topological polar surface area (TPSA) is 6.48 Å². The molecule has 1 aliphatic carbocycles. The lowest BCUT2D eigenvalue weighted by Gasteiger charge is -2.38. The molecule has 0 radical (unpaired) electrons. The molecule has 0 amide bonds. The molecular weight excluding hydrogens is 280 g/mol. The lowest BCUT2D eigenvalue weighted by molar-refractivity contribution is 0.179. The van der Waals surface area contributed by atoms with Gasteiger partial charge in [-0.2, -0.15) is 0 Å². The molecule has 2 heteroatoms. The molecule has 1 heterocycles. The van der Waals surface area contributed by atoms with Crippen molar-refractivity contribution in [1.82, 2.24) is 9.80 Å². The average molecular weight is 315 g/mol. The highest BCUT2D eigenvalue weighted by Crippen LogP contribution is 2.41. The first-order valence-electron chi connectivity index (χ1n) is 9.74. The summed E-state index contributed by atoms with van der Waals surface area (Å²) in [7, 11) is 2.29. The zero-order chi connectivity index (χ0) is 16.1. The van der Waals surface area contributed by atoms with E-state index in [2.05, 4.69) is 48.0 Å². The van der Waals surface area contributed by atoms with Crippen LogP contribution in [0.3, 0.4) is 0 Å². The Hall–Kier alpha value is -0.860. The molecule has 0 unspecified atom stereocenters. The third-order valence-electron chi connectivity index (χ3n) is 5.75. The van der Waals surface area contributed by atoms with Crippen molar-refractivity contribution in [2.24, 2.45) is 5.92 Å². The Bertz CT molecular complexity index is 455. The molecule has 1 saturated heterocycles. The third-order valence-corrected chi connectivity index (χ3v) is 5.75. The summed E-state index contributed by atoms with van der Waals surface area (Å²) in [4.78, 5) is 5.12. The Balaban J connectivity index is 1.41. The zero-order valence-corrected chi connectivity index (χ0v) is 15.1. The van der Waals surface area contributed by atoms with Gasteiger partial charge in [-0.25, -0.2) is 0 Å². The van der Waals surface area contributed by atoms with Crippen LogP contribution in [-0.4, -0.2) is 43.0 Å². The molecule has 2 aliphatic rings. The Morgan fingerprint density at radius 1 is 1.09 bits per heavy atom. The van der Waals surface area contributed by atoms with Gasteiger partial charge in [-0.1, -0.05) is 37.6 Å². The predicted molar refractivity (Wildman–Crippen MR) is 98.8 cm³/mol. The Morgan fingerprint density at radius 3 is 2.43 bits per heavy atom. The summed E-state index contributed by atoms with van der Waals surface area (Å²) in [6.07, 6.45) is 8.19. The summed E-state index contributed by atoms with van der Waals surface area (Å²) >= 11 is 0. The fraction of sp³-hybridized carbons (Fsp3) is 0.714. The molecule has 1 aliphatic heterocycles. The van der Waals surface area contributed by atoms with Crippen LogP contribution in [0.1, 0.15) is 62.5 Å². The summed E-state index contributed by atoms with van der Waals surface area (Å²) in [6, 6.07) is 9.53. The summed E-state index contributed by atoms with van der Waals surface area (Å²) in [5, 5.41) is 0. The molecule has 0 spiro atoms. The van der Waals surface area contributed by atoms with E-state index in [-0.39, 0.29) is 0 Å². The highest BCUT2D eigenvalue weighted by molar-refractivity contribution is 5.27. The van der Waals surface area contributed by atoms with Crippen molar-refractivity contribution < 1.29 is 0 Å². The maximum absolute atomic E-state index is 2.58. The molecule has 0 atom stereocenters. The first kappa shape index (κ1) is 17.0. The van der Waals surface area contributed by atoms with Gasteiger partial charge >= 0.3 is 0 Å². The number of likely N-dealkylation sites (tertiary alicyclic amines) is 1. The smallest absolute Gasteiger partial charge is 0.0233 e. The molecule has 0 aromatic heterocycles. The first-order chi connectivity index (χ1) is 11.2. The van der Waals surface area contributed by atoms with Gasteiger partial charge in [0.2, 0.25) is 0 Å². The maximum atomic E-state index is 2.58. The standard InChI is InChI=1S/C21H34N2/c1-3-4-11-22(2)16-19-14-21(15-19)20-9-7-18(8-10-20)17-23-12-5-6-13-23/h7-10,19,21H,3-6,11-17H2,1-2H3/t19-,21-. The Labute approximate surface area is 142 Å². The van der Waals surface area contributed by atoms with Gasteiger partial charge in [0.1, 0.15) is 0 Å². The van der Waals surface area contributed by atoms with E-state index in [1.807, 2.05) is 0 Å². The van der Waals surface area contributed by atoms with Crippen LogP contribution >= 0.6 is 0 Å². The quantitative estimate of drug-likeness (QED) is 0.696. The summed E-state index contributed by atoms with van der Waals surface area (Å²) in [6.45, 7) is 8.57. The molecule has 1 aromatic carbocycles. The zero-order valence-electron chi connectivity index (χ0n) is 15.1. The van der Waals surface area contributed by atoms with Gasteiger partial charge in [-0.15, -0.1) is 0 Å². The van der Waals surface area contributed by atoms with Crippen LogP contribution in [-0.2, 0) is 6.54 Å². The molecule has 128 valence electrons. The van der Waals surface area contributed by atoms with Crippen molar-refractivity contribution in [3.8, 4) is 0 Å². The number of unbranched alkanes of at least 4 members (excludes halogenated alkanes) is 1. The van der Waals surface area contributed by atoms with Crippen LogP contribution in [0.15, 0.2) is 24.3 Å². The fourth-order valence-electron chi connectivity index (χ4n) is 4.21. The predicted octanol–water partition coefficient (Wildman–Crippen LogP) is 4.51. The highest BCUT2D eigenvalue weighted by atomic mass is 15.1. The van der Waals surface area contributed by atoms with Crippen molar-refractivity contribution >= 4 is 0 Å². The van der Waals surface area contributed by atoms with E-state index < -0.39 is 0 Å². The molecule has 3 rings (SSSR count). The normalized spacial score (nSPS) is 25.0. The van der Waals surface area contributed by atoms with Crippen LogP contribution in [0.4, 0.5) is 0 Å². The van der Waals surface area contributed by atoms with E-state index in [4.69, 9.17) is 0 Å². The average Bonchev–Trinajstić information content (AvgIpc) is 3.02. The molecule has 2 nitrogen and oxygen atoms in total. The molecule has 0 N–H and O–H groups in total. The minimum absolute atomic E-state index is 0.820. The Kier molecular flexibility index (Phi) is 6.13. The largest absolute Gasteiger partial charge is 0.306 e. The molecule has 1 saturated carbocycles. The minimum Gasteiger partial charge on any atom is -0.306 e. The lowest BCUT2D eigenvalue weighted by atomic mass is 9.71. The van der Waals surface area contributed by atoms with E-state index in [1.165, 1.54) is 70.3 Å². The number of rotatable bonds is 8. The second kappa shape index (κ2) is 8.30. The molecule has 2 fully saturated rings. The molecule has 1 aromatic rings. The summed E-state index contributed by atoms with van der Waals surface area (Å²) in [5.74, 6) is 1.74. The number of benzene rings is 1. The van der Waals surface area contributed by atoms with Crippen LogP contribution in [0.5, 0.6) is 0 Å². The van der Waals surface area contributed by atoms with Crippen molar-refractivity contribution in [3.63, 3.8) is 0 Å². The van der Waals surface area contributed by atoms with Gasteiger partial charge in [0.15, 0.2) is 0 Å². The summed E-state index contributed by atoms with van der Waals surface area (Å²) in [5.41, 5.74) is 3.06. The second-order valence-electron chi connectivity index (χ2n) is 7.87. The number of hydrogen-bond acceptors (Lipinski definition) is 2. The van der Waals surface area contributed by atoms with E-state index >= 15 is 0 Å². The van der Waals surface area contributed by atoms with E-state index in [1.54, 1.807) is 5.56 Å². The fourth-order valence-corrected chi connectivity index (χ4v) is 4.21. The van der Waals surface area contributed by atoms with Crippen molar-refractivity contribution in [2.75, 3.05) is 33.2 Å². The van der Waals surface area contributed by atoms with Crippen LogP contribution in [0.25, 0.3) is 0 Å². The molecule has 23 heavy (non-hydrogen) atoms. The Morgan fingerprint density at radius 2 is 1.78 bits per heavy atom. The van der Waals surface area contributed by atoms with Crippen molar-refractivity contribution in [2.45, 2.75) is 57.9 Å². The number of hydrogen-bond donors (Lipinski definition) is 0. The van der Waals surface area contributed by atoms with E-state index in [0.717, 1.165) is 18.4 Å². The van der Waals surface area contributed by atoms with Gasteiger partial charge < -0.3 is 4.90 Å². The highest BCUT2D eigenvalue weighted by Gasteiger charge is 2.30. The van der Waals surface area contributed by atoms with E-state index in [9.17, 15) is 0 Å². The minimum atomic E-state index is 0.820. The lowest BCUT2D eigenvalue weighted by Crippen LogP contribution is -2.33. The molecular formula is C21H34N2. The van der Waals surface area contributed by atoms with Crippen LogP contribution < -0.4 is 0 Å². The van der Waals surface area contributed by atoms with Gasteiger partial charge in [0, 0.05) is 13.1 Å². The second-order valence-corrected chi connectivity index (χ2v) is 7.87. The summed E-state index contributed by atoms with van der Waals surface area (Å²) < 4.78 is 0. The van der Waals surface area contributed by atoms with Crippen molar-refractivity contribution in [3.05, 3.63) is 35.4 Å².